The highest BCUT2D eigenvalue weighted by molar-refractivity contribution is 7.99. The molecule has 0 aromatic carbocycles. The maximum absolute atomic E-state index is 12.6. The van der Waals surface area contributed by atoms with Crippen molar-refractivity contribution in [1.82, 2.24) is 9.80 Å². The fourth-order valence-electron chi connectivity index (χ4n) is 2.53. The van der Waals surface area contributed by atoms with Gasteiger partial charge in [-0.15, -0.1) is 11.8 Å². The van der Waals surface area contributed by atoms with Crippen LogP contribution in [0.4, 0.5) is 0 Å². The molecule has 2 fully saturated rings. The van der Waals surface area contributed by atoms with E-state index in [-0.39, 0.29) is 17.9 Å². The Bertz CT molecular complexity index is 540. The molecule has 0 bridgehead atoms. The highest BCUT2D eigenvalue weighted by atomic mass is 32.2. The van der Waals surface area contributed by atoms with Gasteiger partial charge in [0.05, 0.1) is 5.88 Å². The molecule has 0 radical (unpaired) electrons. The lowest BCUT2D eigenvalue weighted by Crippen LogP contribution is -2.51. The second-order valence-electron chi connectivity index (χ2n) is 5.14. The van der Waals surface area contributed by atoms with E-state index in [2.05, 4.69) is 0 Å². The fraction of sp³-hybridized carbons (Fsp3) is 0.571. The van der Waals surface area contributed by atoms with Gasteiger partial charge in [0, 0.05) is 30.3 Å². The third-order valence-corrected chi connectivity index (χ3v) is 5.66. The molecule has 0 N–H and O–H groups in total. The number of hydrogen-bond acceptors (Lipinski definition) is 5. The number of nitrogens with zero attached hydrogens (tertiary/aromatic N) is 2. The summed E-state index contributed by atoms with van der Waals surface area (Å²) in [5, 5.41) is 0. The normalized spacial score (nSPS) is 22.6. The first-order chi connectivity index (χ1) is 10.2. The lowest BCUT2D eigenvalue weighted by atomic mass is 10.2. The summed E-state index contributed by atoms with van der Waals surface area (Å²) in [6, 6.07) is 3.10. The summed E-state index contributed by atoms with van der Waals surface area (Å²) in [4.78, 5) is 28.7. The van der Waals surface area contributed by atoms with Gasteiger partial charge < -0.3 is 14.2 Å². The Morgan fingerprint density at radius 1 is 1.24 bits per heavy atom. The molecule has 21 heavy (non-hydrogen) atoms. The minimum absolute atomic E-state index is 0.0805. The first-order valence-electron chi connectivity index (χ1n) is 6.98. The molecular formula is C14H18N2O3S2. The molecule has 2 saturated heterocycles. The highest BCUT2D eigenvalue weighted by Crippen LogP contribution is 2.26. The standard InChI is InChI=1S/C14H18N2O3S2/c1-10-2-3-12(19-10)14(18)16-9-21-8-11(16)13(17)15-4-6-20-7-5-15/h2-3,11H,4-9H2,1H3. The zero-order valence-corrected chi connectivity index (χ0v) is 13.5. The summed E-state index contributed by atoms with van der Waals surface area (Å²) in [6.07, 6.45) is 0. The topological polar surface area (TPSA) is 53.8 Å². The number of carbonyl (C=O) groups excluding carboxylic acids is 2. The second kappa shape index (κ2) is 6.36. The van der Waals surface area contributed by atoms with Crippen LogP contribution in [0.25, 0.3) is 0 Å². The maximum Gasteiger partial charge on any atom is 0.290 e. The van der Waals surface area contributed by atoms with E-state index in [9.17, 15) is 9.59 Å². The van der Waals surface area contributed by atoms with Gasteiger partial charge in [0.1, 0.15) is 11.8 Å². The van der Waals surface area contributed by atoms with E-state index in [1.54, 1.807) is 28.8 Å². The van der Waals surface area contributed by atoms with E-state index < -0.39 is 0 Å². The van der Waals surface area contributed by atoms with E-state index in [1.807, 2.05) is 23.6 Å². The Hall–Kier alpha value is -1.08. The quantitative estimate of drug-likeness (QED) is 0.828. The van der Waals surface area contributed by atoms with Crippen LogP contribution in [0.2, 0.25) is 0 Å². The average Bonchev–Trinajstić information content (AvgIpc) is 3.15. The maximum atomic E-state index is 12.6. The van der Waals surface area contributed by atoms with E-state index in [4.69, 9.17) is 4.42 Å². The van der Waals surface area contributed by atoms with E-state index in [0.717, 1.165) is 24.6 Å². The number of thioether (sulfide) groups is 2. The SMILES string of the molecule is Cc1ccc(C(=O)N2CSCC2C(=O)N2CCSCC2)o1. The van der Waals surface area contributed by atoms with Crippen LogP contribution in [-0.4, -0.2) is 63.9 Å². The van der Waals surface area contributed by atoms with Crippen LogP contribution in [-0.2, 0) is 4.79 Å². The largest absolute Gasteiger partial charge is 0.456 e. The first-order valence-corrected chi connectivity index (χ1v) is 9.29. The molecule has 5 nitrogen and oxygen atoms in total. The molecule has 7 heteroatoms. The molecule has 2 aliphatic rings. The van der Waals surface area contributed by atoms with Crippen molar-refractivity contribution >= 4 is 35.3 Å². The Labute approximate surface area is 132 Å². The van der Waals surface area contributed by atoms with Crippen LogP contribution >= 0.6 is 23.5 Å². The molecular weight excluding hydrogens is 308 g/mol. The van der Waals surface area contributed by atoms with Crippen LogP contribution in [0.3, 0.4) is 0 Å². The van der Waals surface area contributed by atoms with Crippen molar-refractivity contribution in [3.8, 4) is 0 Å². The van der Waals surface area contributed by atoms with E-state index >= 15 is 0 Å². The fourth-order valence-corrected chi connectivity index (χ4v) is 4.58. The van der Waals surface area contributed by atoms with Crippen LogP contribution in [0.5, 0.6) is 0 Å². The zero-order valence-electron chi connectivity index (χ0n) is 11.9. The van der Waals surface area contributed by atoms with Crippen LogP contribution in [0.1, 0.15) is 16.3 Å². The number of rotatable bonds is 2. The summed E-state index contributed by atoms with van der Waals surface area (Å²) in [5.74, 6) is 4.12. The molecule has 0 spiro atoms. The van der Waals surface area contributed by atoms with E-state index in [0.29, 0.717) is 23.2 Å². The summed E-state index contributed by atoms with van der Waals surface area (Å²) in [5.41, 5.74) is 0. The number of aryl methyl sites for hydroxylation is 1. The molecule has 1 aromatic rings. The van der Waals surface area contributed by atoms with Crippen molar-refractivity contribution < 1.29 is 14.0 Å². The van der Waals surface area contributed by atoms with Crippen molar-refractivity contribution in [3.05, 3.63) is 23.7 Å². The average molecular weight is 326 g/mol. The molecule has 2 amide bonds. The van der Waals surface area contributed by atoms with Crippen LogP contribution in [0, 0.1) is 6.92 Å². The predicted octanol–water partition coefficient (Wildman–Crippen LogP) is 1.68. The van der Waals surface area contributed by atoms with Crippen LogP contribution < -0.4 is 0 Å². The molecule has 0 aliphatic carbocycles. The summed E-state index contributed by atoms with van der Waals surface area (Å²) >= 11 is 3.49. The van der Waals surface area contributed by atoms with Gasteiger partial charge >= 0.3 is 0 Å². The second-order valence-corrected chi connectivity index (χ2v) is 7.36. The van der Waals surface area contributed by atoms with Gasteiger partial charge in [0.25, 0.3) is 5.91 Å². The van der Waals surface area contributed by atoms with Gasteiger partial charge in [0.15, 0.2) is 5.76 Å². The number of hydrogen-bond donors (Lipinski definition) is 0. The summed E-state index contributed by atoms with van der Waals surface area (Å²) < 4.78 is 5.40. The van der Waals surface area contributed by atoms with Gasteiger partial charge in [-0.3, -0.25) is 9.59 Å². The minimum Gasteiger partial charge on any atom is -0.456 e. The van der Waals surface area contributed by atoms with Gasteiger partial charge in [0.2, 0.25) is 5.91 Å². The lowest BCUT2D eigenvalue weighted by molar-refractivity contribution is -0.134. The molecule has 2 aliphatic heterocycles. The van der Waals surface area contributed by atoms with Crippen molar-refractivity contribution in [2.75, 3.05) is 36.2 Å². The van der Waals surface area contributed by atoms with Gasteiger partial charge in [-0.25, -0.2) is 0 Å². The van der Waals surface area contributed by atoms with Gasteiger partial charge in [-0.05, 0) is 19.1 Å². The Morgan fingerprint density at radius 2 is 2.00 bits per heavy atom. The number of carbonyl (C=O) groups is 2. The van der Waals surface area contributed by atoms with Gasteiger partial charge in [-0.2, -0.15) is 11.8 Å². The molecule has 0 saturated carbocycles. The number of amides is 2. The van der Waals surface area contributed by atoms with Gasteiger partial charge in [-0.1, -0.05) is 0 Å². The predicted molar refractivity (Wildman–Crippen MR) is 84.6 cm³/mol. The molecule has 3 rings (SSSR count). The first kappa shape index (κ1) is 14.8. The van der Waals surface area contributed by atoms with Crippen molar-refractivity contribution in [2.45, 2.75) is 13.0 Å². The van der Waals surface area contributed by atoms with Crippen molar-refractivity contribution in [2.24, 2.45) is 0 Å². The minimum atomic E-state index is -0.351. The third kappa shape index (κ3) is 3.08. The summed E-state index contributed by atoms with van der Waals surface area (Å²) in [6.45, 7) is 3.38. The monoisotopic (exact) mass is 326 g/mol. The third-order valence-electron chi connectivity index (χ3n) is 3.70. The molecule has 1 aromatic heterocycles. The summed E-state index contributed by atoms with van der Waals surface area (Å²) in [7, 11) is 0. The smallest absolute Gasteiger partial charge is 0.290 e. The molecule has 3 heterocycles. The lowest BCUT2D eigenvalue weighted by Gasteiger charge is -2.31. The Kier molecular flexibility index (Phi) is 4.49. The Morgan fingerprint density at radius 3 is 2.67 bits per heavy atom. The van der Waals surface area contributed by atoms with Crippen LogP contribution in [0.15, 0.2) is 16.5 Å². The molecule has 114 valence electrons. The zero-order chi connectivity index (χ0) is 14.8. The Balaban J connectivity index is 1.72. The number of furan rings is 1. The highest BCUT2D eigenvalue weighted by Gasteiger charge is 2.38. The van der Waals surface area contributed by atoms with Crippen molar-refractivity contribution in [3.63, 3.8) is 0 Å². The van der Waals surface area contributed by atoms with E-state index in [1.165, 1.54) is 0 Å². The van der Waals surface area contributed by atoms with Crippen molar-refractivity contribution in [1.29, 1.82) is 0 Å². The molecule has 1 atom stereocenters. The molecule has 1 unspecified atom stereocenters.